The summed E-state index contributed by atoms with van der Waals surface area (Å²) in [6.07, 6.45) is 0.962. The molecule has 1 amide bonds. The van der Waals surface area contributed by atoms with Gasteiger partial charge in [-0.25, -0.2) is 0 Å². The molecule has 4 nitrogen and oxygen atoms in total. The van der Waals surface area contributed by atoms with E-state index in [4.69, 9.17) is 0 Å². The molecule has 1 saturated heterocycles. The van der Waals surface area contributed by atoms with Crippen LogP contribution >= 0.6 is 11.8 Å². The van der Waals surface area contributed by atoms with E-state index in [0.717, 1.165) is 19.5 Å². The quantitative estimate of drug-likeness (QED) is 0.721. The third-order valence-electron chi connectivity index (χ3n) is 2.74. The molecule has 1 rings (SSSR count). The summed E-state index contributed by atoms with van der Waals surface area (Å²) < 4.78 is 4.60. The Balaban J connectivity index is 2.37. The lowest BCUT2D eigenvalue weighted by molar-refractivity contribution is -0.138. The maximum atomic E-state index is 12.0. The lowest BCUT2D eigenvalue weighted by atomic mass is 9.95. The van der Waals surface area contributed by atoms with Gasteiger partial charge in [-0.3, -0.25) is 9.59 Å². The van der Waals surface area contributed by atoms with Crippen molar-refractivity contribution in [2.24, 2.45) is 5.41 Å². The molecule has 98 valence electrons. The number of rotatable bonds is 3. The molecule has 0 bridgehead atoms. The second-order valence-corrected chi connectivity index (χ2v) is 6.59. The van der Waals surface area contributed by atoms with Gasteiger partial charge in [-0.2, -0.15) is 0 Å². The van der Waals surface area contributed by atoms with Gasteiger partial charge in [0.25, 0.3) is 0 Å². The maximum absolute atomic E-state index is 12.0. The van der Waals surface area contributed by atoms with E-state index < -0.39 is 0 Å². The Morgan fingerprint density at radius 2 is 2.06 bits per heavy atom. The van der Waals surface area contributed by atoms with E-state index in [-0.39, 0.29) is 17.3 Å². The molecule has 0 radical (unpaired) electrons. The molecule has 1 atom stereocenters. The smallest absolute Gasteiger partial charge is 0.315 e. The summed E-state index contributed by atoms with van der Waals surface area (Å²) in [6.45, 7) is 7.35. The molecule has 1 aliphatic rings. The summed E-state index contributed by atoms with van der Waals surface area (Å²) in [5, 5.41) is 0.361. The zero-order valence-corrected chi connectivity index (χ0v) is 11.8. The fraction of sp³-hybridized carbons (Fsp3) is 0.833. The van der Waals surface area contributed by atoms with Gasteiger partial charge in [0.15, 0.2) is 0 Å². The first-order valence-corrected chi connectivity index (χ1v) is 6.87. The highest BCUT2D eigenvalue weighted by Crippen LogP contribution is 2.26. The molecule has 17 heavy (non-hydrogen) atoms. The van der Waals surface area contributed by atoms with Crippen LogP contribution in [0.25, 0.3) is 0 Å². The van der Waals surface area contributed by atoms with Crippen molar-refractivity contribution in [3.8, 4) is 0 Å². The third kappa shape index (κ3) is 4.22. The van der Waals surface area contributed by atoms with Gasteiger partial charge in [0.1, 0.15) is 0 Å². The van der Waals surface area contributed by atoms with Crippen molar-refractivity contribution in [2.75, 3.05) is 26.0 Å². The van der Waals surface area contributed by atoms with E-state index >= 15 is 0 Å². The van der Waals surface area contributed by atoms with Gasteiger partial charge in [-0.15, -0.1) is 11.8 Å². The van der Waals surface area contributed by atoms with E-state index in [2.05, 4.69) is 4.74 Å². The summed E-state index contributed by atoms with van der Waals surface area (Å²) in [7, 11) is 1.40. The molecule has 5 heteroatoms. The van der Waals surface area contributed by atoms with Crippen molar-refractivity contribution in [3.05, 3.63) is 0 Å². The van der Waals surface area contributed by atoms with Crippen LogP contribution in [-0.4, -0.2) is 48.0 Å². The van der Waals surface area contributed by atoms with E-state index in [9.17, 15) is 9.59 Å². The summed E-state index contributed by atoms with van der Waals surface area (Å²) in [5.74, 6) is 0.368. The van der Waals surface area contributed by atoms with E-state index in [1.54, 1.807) is 11.8 Å². The summed E-state index contributed by atoms with van der Waals surface area (Å²) in [4.78, 5) is 24.9. The molecule has 1 heterocycles. The standard InChI is InChI=1S/C12H21NO3S/c1-12(2,3)11(15)13-6-5-9(7-13)17-8-10(14)16-4/h9H,5-8H2,1-4H3/t9-/m0/s1. The van der Waals surface area contributed by atoms with Crippen LogP contribution in [0.3, 0.4) is 0 Å². The van der Waals surface area contributed by atoms with Crippen LogP contribution in [0.5, 0.6) is 0 Å². The van der Waals surface area contributed by atoms with Gasteiger partial charge in [0.05, 0.1) is 12.9 Å². The van der Waals surface area contributed by atoms with Crippen LogP contribution in [0.15, 0.2) is 0 Å². The topological polar surface area (TPSA) is 46.6 Å². The van der Waals surface area contributed by atoms with Crippen LogP contribution in [0.4, 0.5) is 0 Å². The molecule has 0 unspecified atom stereocenters. The number of amides is 1. The van der Waals surface area contributed by atoms with Crippen LogP contribution in [0.2, 0.25) is 0 Å². The SMILES string of the molecule is COC(=O)CS[C@H]1CCN(C(=O)C(C)(C)C)C1. The minimum absolute atomic E-state index is 0.193. The number of esters is 1. The number of ether oxygens (including phenoxy) is 1. The minimum atomic E-state index is -0.318. The largest absolute Gasteiger partial charge is 0.468 e. The summed E-state index contributed by atoms with van der Waals surface area (Å²) in [6, 6.07) is 0. The van der Waals surface area contributed by atoms with Crippen molar-refractivity contribution >= 4 is 23.6 Å². The van der Waals surface area contributed by atoms with Gasteiger partial charge in [-0.05, 0) is 6.42 Å². The highest BCUT2D eigenvalue weighted by molar-refractivity contribution is 8.00. The average Bonchev–Trinajstić information content (AvgIpc) is 2.71. The van der Waals surface area contributed by atoms with Crippen LogP contribution in [0.1, 0.15) is 27.2 Å². The number of thioether (sulfide) groups is 1. The van der Waals surface area contributed by atoms with Crippen LogP contribution in [0, 0.1) is 5.41 Å². The van der Waals surface area contributed by atoms with Crippen molar-refractivity contribution in [3.63, 3.8) is 0 Å². The zero-order chi connectivity index (χ0) is 13.1. The van der Waals surface area contributed by atoms with Gasteiger partial charge in [-0.1, -0.05) is 20.8 Å². The van der Waals surface area contributed by atoms with Gasteiger partial charge < -0.3 is 9.64 Å². The Morgan fingerprint density at radius 1 is 1.41 bits per heavy atom. The first-order valence-electron chi connectivity index (χ1n) is 5.82. The predicted molar refractivity (Wildman–Crippen MR) is 68.9 cm³/mol. The molecule has 0 aliphatic carbocycles. The average molecular weight is 259 g/mol. The van der Waals surface area contributed by atoms with Crippen molar-refractivity contribution in [2.45, 2.75) is 32.4 Å². The second-order valence-electron chi connectivity index (χ2n) is 5.30. The fourth-order valence-corrected chi connectivity index (χ4v) is 2.81. The van der Waals surface area contributed by atoms with Gasteiger partial charge >= 0.3 is 5.97 Å². The number of carbonyl (C=O) groups excluding carboxylic acids is 2. The zero-order valence-electron chi connectivity index (χ0n) is 11.0. The molecular weight excluding hydrogens is 238 g/mol. The van der Waals surface area contributed by atoms with Crippen molar-refractivity contribution in [1.29, 1.82) is 0 Å². The Labute approximate surface area is 107 Å². The lowest BCUT2D eigenvalue weighted by Gasteiger charge is -2.25. The number of hydrogen-bond donors (Lipinski definition) is 0. The Hall–Kier alpha value is -0.710. The Morgan fingerprint density at radius 3 is 2.59 bits per heavy atom. The normalized spacial score (nSPS) is 20.5. The highest BCUT2D eigenvalue weighted by atomic mass is 32.2. The number of likely N-dealkylation sites (tertiary alicyclic amines) is 1. The van der Waals surface area contributed by atoms with Gasteiger partial charge in [0.2, 0.25) is 5.91 Å². The summed E-state index contributed by atoms with van der Waals surface area (Å²) >= 11 is 1.58. The summed E-state index contributed by atoms with van der Waals surface area (Å²) in [5.41, 5.74) is -0.318. The molecule has 0 spiro atoms. The Bertz CT molecular complexity index is 299. The molecule has 1 fully saturated rings. The fourth-order valence-electron chi connectivity index (χ4n) is 1.77. The van der Waals surface area contributed by atoms with Crippen LogP contribution < -0.4 is 0 Å². The highest BCUT2D eigenvalue weighted by Gasteiger charge is 2.33. The van der Waals surface area contributed by atoms with E-state index in [1.807, 2.05) is 25.7 Å². The molecule has 0 saturated carbocycles. The number of methoxy groups -OCH3 is 1. The second kappa shape index (κ2) is 5.76. The molecule has 1 aliphatic heterocycles. The monoisotopic (exact) mass is 259 g/mol. The molecule has 0 aromatic heterocycles. The number of nitrogens with zero attached hydrogens (tertiary/aromatic N) is 1. The van der Waals surface area contributed by atoms with E-state index in [1.165, 1.54) is 7.11 Å². The Kier molecular flexibility index (Phi) is 4.86. The van der Waals surface area contributed by atoms with Crippen molar-refractivity contribution in [1.82, 2.24) is 4.90 Å². The van der Waals surface area contributed by atoms with Crippen LogP contribution in [-0.2, 0) is 14.3 Å². The molecular formula is C12H21NO3S. The first-order chi connectivity index (χ1) is 7.84. The molecule has 0 N–H and O–H groups in total. The van der Waals surface area contributed by atoms with E-state index in [0.29, 0.717) is 11.0 Å². The molecule has 0 aromatic carbocycles. The number of carbonyl (C=O) groups is 2. The number of hydrogen-bond acceptors (Lipinski definition) is 4. The van der Waals surface area contributed by atoms with Crippen molar-refractivity contribution < 1.29 is 14.3 Å². The third-order valence-corrected chi connectivity index (χ3v) is 4.00. The first kappa shape index (κ1) is 14.4. The predicted octanol–water partition coefficient (Wildman–Crippen LogP) is 1.54. The minimum Gasteiger partial charge on any atom is -0.468 e. The lowest BCUT2D eigenvalue weighted by Crippen LogP contribution is -2.38. The maximum Gasteiger partial charge on any atom is 0.315 e. The van der Waals surface area contributed by atoms with Gasteiger partial charge in [0, 0.05) is 23.8 Å². The molecule has 0 aromatic rings.